The summed E-state index contributed by atoms with van der Waals surface area (Å²) in [5.74, 6) is 0.495. The van der Waals surface area contributed by atoms with Crippen LogP contribution in [0.15, 0.2) is 22.9 Å². The van der Waals surface area contributed by atoms with Crippen LogP contribution in [0.4, 0.5) is 0 Å². The van der Waals surface area contributed by atoms with Crippen molar-refractivity contribution in [2.24, 2.45) is 5.92 Å². The van der Waals surface area contributed by atoms with Crippen LogP contribution in [0.1, 0.15) is 42.7 Å². The lowest BCUT2D eigenvalue weighted by molar-refractivity contribution is -0.0378. The Kier molecular flexibility index (Phi) is 3.23. The maximum Gasteiger partial charge on any atom is 0.270 e. The van der Waals surface area contributed by atoms with Crippen LogP contribution in [0.25, 0.3) is 11.0 Å². The highest BCUT2D eigenvalue weighted by Crippen LogP contribution is 2.39. The minimum atomic E-state index is -0.0718. The first-order chi connectivity index (χ1) is 11.0. The van der Waals surface area contributed by atoms with Gasteiger partial charge in [0.1, 0.15) is 5.69 Å². The Bertz CT molecular complexity index is 757. The Hall–Kier alpha value is -1.88. The summed E-state index contributed by atoms with van der Waals surface area (Å²) in [6.45, 7) is 8.69. The Morgan fingerprint density at radius 2 is 2.13 bits per heavy atom. The van der Waals surface area contributed by atoms with E-state index in [1.165, 1.54) is 12.8 Å². The molecule has 1 unspecified atom stereocenters. The SMILES string of the molecule is Cc1c(C(=O)NC2C3CCN(CC3)C2(C)C)ncc2occc12. The third-order valence-corrected chi connectivity index (χ3v) is 5.85. The summed E-state index contributed by atoms with van der Waals surface area (Å²) in [6.07, 6.45) is 5.61. The highest BCUT2D eigenvalue weighted by atomic mass is 16.3. The van der Waals surface area contributed by atoms with Crippen LogP contribution in [-0.2, 0) is 0 Å². The standard InChI is InChI=1S/C18H23N3O2/c1-11-13-6-9-23-14(13)10-19-15(11)17(22)20-16-12-4-7-21(8-5-12)18(16,2)3/h6,9-10,12,16H,4-5,7-8H2,1-3H3,(H,20,22). The van der Waals surface area contributed by atoms with Crippen LogP contribution in [0.3, 0.4) is 0 Å². The van der Waals surface area contributed by atoms with Gasteiger partial charge in [0.05, 0.1) is 12.5 Å². The van der Waals surface area contributed by atoms with E-state index in [4.69, 9.17) is 4.42 Å². The maximum absolute atomic E-state index is 12.8. The molecule has 3 saturated heterocycles. The average Bonchev–Trinajstić information content (AvgIpc) is 3.01. The number of hydrogen-bond acceptors (Lipinski definition) is 4. The van der Waals surface area contributed by atoms with E-state index in [9.17, 15) is 4.79 Å². The van der Waals surface area contributed by atoms with E-state index in [1.54, 1.807) is 12.5 Å². The van der Waals surface area contributed by atoms with Gasteiger partial charge < -0.3 is 9.73 Å². The lowest BCUT2D eigenvalue weighted by atomic mass is 9.72. The lowest BCUT2D eigenvalue weighted by Crippen LogP contribution is -2.69. The Balaban J connectivity index is 1.63. The molecule has 1 amide bonds. The van der Waals surface area contributed by atoms with Gasteiger partial charge in [0.15, 0.2) is 5.58 Å². The third-order valence-electron chi connectivity index (χ3n) is 5.85. The fourth-order valence-electron chi connectivity index (χ4n) is 4.39. The zero-order valence-electron chi connectivity index (χ0n) is 13.9. The molecule has 3 aliphatic rings. The predicted molar refractivity (Wildman–Crippen MR) is 88.4 cm³/mol. The molecule has 0 spiro atoms. The number of furan rings is 1. The van der Waals surface area contributed by atoms with Crippen molar-refractivity contribution in [2.75, 3.05) is 13.1 Å². The van der Waals surface area contributed by atoms with Gasteiger partial charge in [0, 0.05) is 17.0 Å². The van der Waals surface area contributed by atoms with Gasteiger partial charge in [-0.15, -0.1) is 0 Å². The van der Waals surface area contributed by atoms with Crippen LogP contribution in [0.5, 0.6) is 0 Å². The first-order valence-electron chi connectivity index (χ1n) is 8.37. The number of aryl methyl sites for hydroxylation is 1. The average molecular weight is 313 g/mol. The van der Waals surface area contributed by atoms with Crippen molar-refractivity contribution in [3.63, 3.8) is 0 Å². The molecule has 1 N–H and O–H groups in total. The molecule has 5 rings (SSSR count). The van der Waals surface area contributed by atoms with E-state index in [0.29, 0.717) is 11.6 Å². The molecule has 0 radical (unpaired) electrons. The normalized spacial score (nSPS) is 28.9. The second-order valence-corrected chi connectivity index (χ2v) is 7.36. The van der Waals surface area contributed by atoms with Gasteiger partial charge in [-0.2, -0.15) is 0 Å². The van der Waals surface area contributed by atoms with Crippen molar-refractivity contribution in [3.05, 3.63) is 29.8 Å². The van der Waals surface area contributed by atoms with Gasteiger partial charge in [-0.3, -0.25) is 9.69 Å². The van der Waals surface area contributed by atoms with Crippen molar-refractivity contribution in [3.8, 4) is 0 Å². The molecule has 0 saturated carbocycles. The molecule has 5 heterocycles. The van der Waals surface area contributed by atoms with Gasteiger partial charge in [0.2, 0.25) is 0 Å². The fraction of sp³-hybridized carbons (Fsp3) is 0.556. The second kappa shape index (κ2) is 5.06. The Morgan fingerprint density at radius 1 is 1.39 bits per heavy atom. The quantitative estimate of drug-likeness (QED) is 0.926. The molecule has 5 heteroatoms. The summed E-state index contributed by atoms with van der Waals surface area (Å²) in [6, 6.07) is 2.07. The van der Waals surface area contributed by atoms with Crippen LogP contribution in [0.2, 0.25) is 0 Å². The van der Waals surface area contributed by atoms with E-state index < -0.39 is 0 Å². The minimum absolute atomic E-state index is 0.00444. The zero-order valence-corrected chi connectivity index (χ0v) is 13.9. The lowest BCUT2D eigenvalue weighted by Gasteiger charge is -2.56. The van der Waals surface area contributed by atoms with Crippen molar-refractivity contribution >= 4 is 16.9 Å². The molecule has 3 fully saturated rings. The fourth-order valence-corrected chi connectivity index (χ4v) is 4.39. The Morgan fingerprint density at radius 3 is 2.83 bits per heavy atom. The number of fused-ring (bicyclic) bond motifs is 4. The number of rotatable bonds is 2. The molecule has 0 aromatic carbocycles. The number of carbonyl (C=O) groups excluding carboxylic acids is 1. The van der Waals surface area contributed by atoms with E-state index in [0.717, 1.165) is 29.6 Å². The number of nitrogens with zero attached hydrogens (tertiary/aromatic N) is 2. The molecule has 122 valence electrons. The van der Waals surface area contributed by atoms with Crippen LogP contribution < -0.4 is 5.32 Å². The van der Waals surface area contributed by atoms with Gasteiger partial charge in [0.25, 0.3) is 5.91 Å². The summed E-state index contributed by atoms with van der Waals surface area (Å²) in [5, 5.41) is 4.24. The summed E-state index contributed by atoms with van der Waals surface area (Å²) in [7, 11) is 0. The number of nitrogens with one attached hydrogen (secondary N) is 1. The van der Waals surface area contributed by atoms with Gasteiger partial charge >= 0.3 is 0 Å². The summed E-state index contributed by atoms with van der Waals surface area (Å²) in [5.41, 5.74) is 2.12. The molecule has 2 aromatic rings. The predicted octanol–water partition coefficient (Wildman–Crippen LogP) is 2.74. The number of carbonyl (C=O) groups is 1. The van der Waals surface area contributed by atoms with Crippen LogP contribution in [0, 0.1) is 12.8 Å². The number of amides is 1. The Labute approximate surface area is 136 Å². The molecular weight excluding hydrogens is 290 g/mol. The highest BCUT2D eigenvalue weighted by molar-refractivity contribution is 5.98. The monoisotopic (exact) mass is 313 g/mol. The molecule has 23 heavy (non-hydrogen) atoms. The molecule has 2 bridgehead atoms. The van der Waals surface area contributed by atoms with Crippen LogP contribution in [-0.4, -0.2) is 40.5 Å². The summed E-state index contributed by atoms with van der Waals surface area (Å²) in [4.78, 5) is 19.7. The molecule has 2 aromatic heterocycles. The van der Waals surface area contributed by atoms with Crippen molar-refractivity contribution in [2.45, 2.75) is 45.2 Å². The summed E-state index contributed by atoms with van der Waals surface area (Å²) < 4.78 is 5.36. The smallest absolute Gasteiger partial charge is 0.270 e. The largest absolute Gasteiger partial charge is 0.463 e. The van der Waals surface area contributed by atoms with Crippen molar-refractivity contribution in [1.29, 1.82) is 0 Å². The van der Waals surface area contributed by atoms with E-state index in [-0.39, 0.29) is 17.5 Å². The number of aromatic nitrogens is 1. The number of piperidine rings is 3. The molecular formula is C18H23N3O2. The maximum atomic E-state index is 12.8. The van der Waals surface area contributed by atoms with Crippen molar-refractivity contribution in [1.82, 2.24) is 15.2 Å². The molecule has 1 atom stereocenters. The first-order valence-corrected chi connectivity index (χ1v) is 8.37. The summed E-state index contributed by atoms with van der Waals surface area (Å²) >= 11 is 0. The van der Waals surface area contributed by atoms with Gasteiger partial charge in [-0.05, 0) is 64.3 Å². The minimum Gasteiger partial charge on any atom is -0.463 e. The molecule has 3 aliphatic heterocycles. The van der Waals surface area contributed by atoms with E-state index >= 15 is 0 Å². The van der Waals surface area contributed by atoms with Gasteiger partial charge in [-0.25, -0.2) is 4.98 Å². The van der Waals surface area contributed by atoms with Crippen LogP contribution >= 0.6 is 0 Å². The number of pyridine rings is 1. The highest BCUT2D eigenvalue weighted by Gasteiger charge is 2.48. The number of hydrogen-bond donors (Lipinski definition) is 1. The molecule has 0 aliphatic carbocycles. The second-order valence-electron chi connectivity index (χ2n) is 7.36. The van der Waals surface area contributed by atoms with E-state index in [1.807, 2.05) is 13.0 Å². The first kappa shape index (κ1) is 14.7. The van der Waals surface area contributed by atoms with Crippen molar-refractivity contribution < 1.29 is 9.21 Å². The topological polar surface area (TPSA) is 58.4 Å². The third kappa shape index (κ3) is 2.17. The zero-order chi connectivity index (χ0) is 16.2. The van der Waals surface area contributed by atoms with E-state index in [2.05, 4.69) is 29.0 Å². The van der Waals surface area contributed by atoms with Gasteiger partial charge in [-0.1, -0.05) is 0 Å². The molecule has 5 nitrogen and oxygen atoms in total.